The van der Waals surface area contributed by atoms with Gasteiger partial charge in [-0.05, 0) is 98.8 Å². The zero-order valence-corrected chi connectivity index (χ0v) is 44.0. The minimum atomic E-state index is -1.81. The van der Waals surface area contributed by atoms with Crippen LogP contribution in [0, 0.1) is 18.3 Å². The lowest BCUT2D eigenvalue weighted by atomic mass is 9.80. The molecule has 5 aromatic carbocycles. The van der Waals surface area contributed by atoms with Crippen LogP contribution in [-0.4, -0.2) is 102 Å². The van der Waals surface area contributed by atoms with Gasteiger partial charge in [0.1, 0.15) is 47.5 Å². The summed E-state index contributed by atoms with van der Waals surface area (Å²) in [4.78, 5) is 30.3. The van der Waals surface area contributed by atoms with Crippen LogP contribution in [0.5, 0.6) is 17.2 Å². The molecule has 74 heavy (non-hydrogen) atoms. The number of benzene rings is 5. The second-order valence-corrected chi connectivity index (χ2v) is 19.6. The van der Waals surface area contributed by atoms with E-state index in [0.29, 0.717) is 34.2 Å². The lowest BCUT2D eigenvalue weighted by Gasteiger charge is -2.39. The second-order valence-electron chi connectivity index (χ2n) is 18.2. The number of aryl methyl sites for hydroxylation is 1. The number of hydrogen-bond acceptors (Lipinski definition) is 14. The number of hydrogen-bond donors (Lipinski definition) is 0. The van der Waals surface area contributed by atoms with Gasteiger partial charge in [-0.1, -0.05) is 97.1 Å². The zero-order valence-electron chi connectivity index (χ0n) is 43.1. The summed E-state index contributed by atoms with van der Waals surface area (Å²) in [5, 5.41) is 9.61. The average Bonchev–Trinajstić information content (AvgIpc) is 4.01. The maximum atomic E-state index is 14.4. The smallest absolute Gasteiger partial charge is 0.266 e. The lowest BCUT2D eigenvalue weighted by molar-refractivity contribution is -0.120. The molecule has 1 fully saturated rings. The summed E-state index contributed by atoms with van der Waals surface area (Å²) in [5.74, 6) is 1.91. The van der Waals surface area contributed by atoms with Crippen molar-refractivity contribution in [2.24, 2.45) is 0 Å². The molecule has 2 aromatic heterocycles. The second kappa shape index (κ2) is 25.0. The molecule has 1 saturated heterocycles. The van der Waals surface area contributed by atoms with Crippen molar-refractivity contribution in [2.75, 3.05) is 46.0 Å². The molecule has 16 nitrogen and oxygen atoms in total. The van der Waals surface area contributed by atoms with E-state index < -0.39 is 38.7 Å². The Bertz CT molecular complexity index is 2880. The van der Waals surface area contributed by atoms with Crippen molar-refractivity contribution in [1.82, 2.24) is 24.2 Å². The van der Waals surface area contributed by atoms with Crippen LogP contribution in [0.2, 0.25) is 0 Å². The van der Waals surface area contributed by atoms with Crippen molar-refractivity contribution in [3.8, 4) is 23.3 Å². The topological polar surface area (TPSA) is 165 Å². The van der Waals surface area contributed by atoms with Crippen molar-refractivity contribution >= 4 is 31.4 Å². The number of para-hydroxylation sites is 1. The highest BCUT2D eigenvalue weighted by molar-refractivity contribution is 7.44. The van der Waals surface area contributed by atoms with Crippen LogP contribution in [0.4, 0.5) is 5.82 Å². The minimum absolute atomic E-state index is 0.00372. The number of carbonyl (C=O) groups excluding carboxylic acids is 1. The van der Waals surface area contributed by atoms with Gasteiger partial charge in [0.05, 0.1) is 52.8 Å². The first-order chi connectivity index (χ1) is 36.0. The van der Waals surface area contributed by atoms with E-state index in [9.17, 15) is 10.1 Å². The van der Waals surface area contributed by atoms with Crippen LogP contribution >= 0.6 is 8.53 Å². The first-order valence-corrected chi connectivity index (χ1v) is 25.8. The molecule has 0 N–H and O–H groups in total. The van der Waals surface area contributed by atoms with Gasteiger partial charge < -0.3 is 37.5 Å². The monoisotopic (exact) mass is 1020 g/mol. The molecular weight excluding hydrogens is 958 g/mol. The zero-order chi connectivity index (χ0) is 52.2. The summed E-state index contributed by atoms with van der Waals surface area (Å²) in [6.45, 7) is 10.4. The normalized spacial score (nSPS) is 17.2. The summed E-state index contributed by atoms with van der Waals surface area (Å²) in [7, 11) is 3.07. The Morgan fingerprint density at radius 3 is 1.97 bits per heavy atom. The highest BCUT2D eigenvalue weighted by Gasteiger charge is 2.51. The Labute approximate surface area is 434 Å². The number of nitriles is 1. The van der Waals surface area contributed by atoms with E-state index in [1.165, 1.54) is 6.33 Å². The quantitative estimate of drug-likeness (QED) is 0.0319. The number of imidazole rings is 1. The van der Waals surface area contributed by atoms with E-state index >= 15 is 0 Å². The largest absolute Gasteiger partial charge is 0.497 e. The number of aromatic nitrogens is 4. The van der Waals surface area contributed by atoms with Gasteiger partial charge in [0, 0.05) is 19.2 Å². The predicted octanol–water partition coefficient (Wildman–Crippen LogP) is 10.3. The van der Waals surface area contributed by atoms with Gasteiger partial charge >= 0.3 is 0 Å². The lowest BCUT2D eigenvalue weighted by Crippen LogP contribution is -2.42. The fourth-order valence-electron chi connectivity index (χ4n) is 9.33. The summed E-state index contributed by atoms with van der Waals surface area (Å²) >= 11 is 0. The van der Waals surface area contributed by atoms with Gasteiger partial charge in [-0.25, -0.2) is 19.6 Å². The molecule has 3 heterocycles. The molecule has 7 aromatic rings. The van der Waals surface area contributed by atoms with Gasteiger partial charge in [-0.15, -0.1) is 0 Å². The van der Waals surface area contributed by atoms with E-state index in [-0.39, 0.29) is 50.8 Å². The van der Waals surface area contributed by atoms with Crippen LogP contribution in [0.3, 0.4) is 0 Å². The molecule has 386 valence electrons. The Morgan fingerprint density at radius 2 is 1.38 bits per heavy atom. The van der Waals surface area contributed by atoms with Crippen molar-refractivity contribution in [3.05, 3.63) is 174 Å². The van der Waals surface area contributed by atoms with Gasteiger partial charge in [-0.3, -0.25) is 14.3 Å². The fourth-order valence-corrected chi connectivity index (χ4v) is 11.1. The molecule has 5 atom stereocenters. The van der Waals surface area contributed by atoms with Gasteiger partial charge in [0.25, 0.3) is 14.4 Å². The van der Waals surface area contributed by atoms with Crippen LogP contribution in [0.15, 0.2) is 146 Å². The van der Waals surface area contributed by atoms with Crippen molar-refractivity contribution in [2.45, 2.75) is 89.8 Å². The molecule has 17 heteroatoms. The van der Waals surface area contributed by atoms with E-state index in [0.717, 1.165) is 27.8 Å². The Morgan fingerprint density at radius 1 is 0.770 bits per heavy atom. The number of amides is 1. The Kier molecular flexibility index (Phi) is 18.0. The van der Waals surface area contributed by atoms with Gasteiger partial charge in [0.2, 0.25) is 0 Å². The number of nitrogens with zero attached hydrogens (tertiary/aromatic N) is 7. The Hall–Kier alpha value is -6.80. The summed E-state index contributed by atoms with van der Waals surface area (Å²) < 4.78 is 56.1. The number of anilines is 1. The van der Waals surface area contributed by atoms with Crippen LogP contribution in [0.1, 0.15) is 68.2 Å². The molecule has 0 spiro atoms. The molecular formula is C57H64N7O9P. The molecule has 1 aliphatic heterocycles. The summed E-state index contributed by atoms with van der Waals surface area (Å²) in [6.07, 6.45) is -0.133. The molecule has 1 amide bonds. The van der Waals surface area contributed by atoms with Crippen molar-refractivity contribution in [1.29, 1.82) is 5.26 Å². The summed E-state index contributed by atoms with van der Waals surface area (Å²) in [5.41, 5.74) is 4.01. The molecule has 0 bridgehead atoms. The van der Waals surface area contributed by atoms with E-state index in [4.69, 9.17) is 52.4 Å². The molecule has 5 unspecified atom stereocenters. The van der Waals surface area contributed by atoms with Crippen LogP contribution in [-0.2, 0) is 40.2 Å². The van der Waals surface area contributed by atoms with E-state index in [1.54, 1.807) is 49.3 Å². The van der Waals surface area contributed by atoms with Crippen LogP contribution < -0.4 is 19.1 Å². The van der Waals surface area contributed by atoms with Gasteiger partial charge in [-0.2, -0.15) is 5.26 Å². The minimum Gasteiger partial charge on any atom is -0.497 e. The SMILES string of the molecule is COc1ccc(C(OCC2OC(n3cnc4c(N(Cc5ccccc5C)C(=O)COc5ccccc5)ncnc43)C(OC)C2OP(OCCC#N)N(C(C)C)C(C)C)(c2ccccc2)c2ccc(OC)cc2)cc1. The predicted molar refractivity (Wildman–Crippen MR) is 283 cm³/mol. The van der Waals surface area contributed by atoms with E-state index in [2.05, 4.69) is 38.4 Å². The number of ether oxygens (including phenoxy) is 6. The molecule has 0 saturated carbocycles. The third-order valence-electron chi connectivity index (χ3n) is 12.9. The standard InChI is InChI=1S/C57H64N7O9P/c1-39(2)64(40(3)4)74(71-33-17-32-58)73-52-49(35-70-57(43-20-11-9-12-21-43,44-24-28-46(66-6)29-25-44)45-26-30-47(67-7)31-27-45)72-56(53(52)68-8)63-38-61-51-54(59-37-60-55(51)63)62(34-42-19-16-15-18-41(42)5)50(65)36-69-48-22-13-10-14-23-48/h9-16,18-31,37-40,49,52-53,56H,17,33-36H2,1-8H3. The first kappa shape index (κ1) is 53.5. The Balaban J connectivity index is 1.23. The third kappa shape index (κ3) is 11.8. The molecule has 1 aliphatic rings. The maximum absolute atomic E-state index is 14.4. The number of rotatable bonds is 24. The first-order valence-electron chi connectivity index (χ1n) is 24.6. The maximum Gasteiger partial charge on any atom is 0.266 e. The van der Waals surface area contributed by atoms with Crippen molar-refractivity contribution in [3.63, 3.8) is 0 Å². The fraction of sp³-hybridized carbons (Fsp3) is 0.351. The molecule has 0 radical (unpaired) electrons. The summed E-state index contributed by atoms with van der Waals surface area (Å²) in [6, 6.07) is 45.0. The van der Waals surface area contributed by atoms with Gasteiger partial charge in [0.15, 0.2) is 29.8 Å². The third-order valence-corrected chi connectivity index (χ3v) is 15.1. The van der Waals surface area contributed by atoms with Crippen molar-refractivity contribution < 1.29 is 42.3 Å². The number of carbonyl (C=O) groups is 1. The molecule has 0 aliphatic carbocycles. The highest BCUT2D eigenvalue weighted by atomic mass is 31.2. The molecule has 8 rings (SSSR count). The average molecular weight is 1020 g/mol. The number of fused-ring (bicyclic) bond motifs is 1. The highest BCUT2D eigenvalue weighted by Crippen LogP contribution is 2.51. The van der Waals surface area contributed by atoms with E-state index in [1.807, 2.05) is 128 Å². The van der Waals surface area contributed by atoms with Crippen LogP contribution in [0.25, 0.3) is 11.2 Å². The number of methoxy groups -OCH3 is 3.